The number of benzene rings is 2. The summed E-state index contributed by atoms with van der Waals surface area (Å²) >= 11 is 3.37. The molecule has 7 nitrogen and oxygen atoms in total. The van der Waals surface area contributed by atoms with Crippen LogP contribution in [-0.2, 0) is 16.2 Å². The molecule has 1 atom stereocenters. The van der Waals surface area contributed by atoms with E-state index in [0.717, 1.165) is 34.1 Å². The fourth-order valence-corrected chi connectivity index (χ4v) is 5.20. The molecule has 0 radical (unpaired) electrons. The molecular weight excluding hydrogens is 546 g/mol. The van der Waals surface area contributed by atoms with Gasteiger partial charge in [-0.3, -0.25) is 9.59 Å². The molecule has 0 spiro atoms. The van der Waals surface area contributed by atoms with Gasteiger partial charge < -0.3 is 20.1 Å². The number of hydrogen-bond acceptors (Lipinski definition) is 6. The molecule has 194 valence electrons. The zero-order chi connectivity index (χ0) is 26.6. The number of rotatable bonds is 7. The van der Waals surface area contributed by atoms with Gasteiger partial charge >= 0.3 is 0 Å². The molecule has 8 heteroatoms. The molecule has 0 bridgehead atoms. The number of carbonyl (C=O) groups is 2. The Morgan fingerprint density at radius 3 is 2.66 bits per heavy atom. The van der Waals surface area contributed by atoms with Crippen LogP contribution < -0.4 is 20.1 Å². The van der Waals surface area contributed by atoms with Crippen molar-refractivity contribution in [1.82, 2.24) is 10.3 Å². The summed E-state index contributed by atoms with van der Waals surface area (Å²) in [4.78, 5) is 31.2. The molecule has 0 unspecified atom stereocenters. The number of dihydropyridines is 1. The van der Waals surface area contributed by atoms with Gasteiger partial charge in [-0.2, -0.15) is 0 Å². The molecule has 2 N–H and O–H groups in total. The first kappa shape index (κ1) is 25.7. The SMILES string of the molecule is COc1cc([C@@H]2C(C(=O)Nc3ccc(Br)cn3)=C(C)NC3=C2C(=O)CCC3)ccc1OCc1ccccc1. The fraction of sp³-hybridized carbons (Fsp3) is 0.233. The second-order valence-electron chi connectivity index (χ2n) is 9.27. The third kappa shape index (κ3) is 5.36. The number of aromatic nitrogens is 1. The van der Waals surface area contributed by atoms with Crippen molar-refractivity contribution in [2.45, 2.75) is 38.7 Å². The van der Waals surface area contributed by atoms with Crippen LogP contribution in [0.15, 0.2) is 93.9 Å². The molecule has 1 aliphatic heterocycles. The average molecular weight is 574 g/mol. The smallest absolute Gasteiger partial charge is 0.255 e. The van der Waals surface area contributed by atoms with Crippen molar-refractivity contribution in [3.8, 4) is 11.5 Å². The van der Waals surface area contributed by atoms with Crippen LogP contribution >= 0.6 is 15.9 Å². The Balaban J connectivity index is 1.51. The van der Waals surface area contributed by atoms with Crippen molar-refractivity contribution in [3.63, 3.8) is 0 Å². The minimum Gasteiger partial charge on any atom is -0.493 e. The van der Waals surface area contributed by atoms with Gasteiger partial charge in [0, 0.05) is 45.5 Å². The van der Waals surface area contributed by atoms with Crippen LogP contribution in [0.3, 0.4) is 0 Å². The van der Waals surface area contributed by atoms with Crippen molar-refractivity contribution >= 4 is 33.4 Å². The molecule has 3 aromatic rings. The third-order valence-corrected chi connectivity index (χ3v) is 7.22. The summed E-state index contributed by atoms with van der Waals surface area (Å²) in [6.07, 6.45) is 3.62. The van der Waals surface area contributed by atoms with Gasteiger partial charge in [0.25, 0.3) is 5.91 Å². The maximum Gasteiger partial charge on any atom is 0.255 e. The number of pyridine rings is 1. The van der Waals surface area contributed by atoms with Crippen LogP contribution in [-0.4, -0.2) is 23.8 Å². The van der Waals surface area contributed by atoms with E-state index in [1.54, 1.807) is 19.4 Å². The van der Waals surface area contributed by atoms with Crippen LogP contribution in [0.2, 0.25) is 0 Å². The lowest BCUT2D eigenvalue weighted by atomic mass is 9.75. The largest absolute Gasteiger partial charge is 0.493 e. The van der Waals surface area contributed by atoms with E-state index in [4.69, 9.17) is 9.47 Å². The van der Waals surface area contributed by atoms with E-state index in [-0.39, 0.29) is 11.7 Å². The summed E-state index contributed by atoms with van der Waals surface area (Å²) in [7, 11) is 1.58. The minimum atomic E-state index is -0.549. The lowest BCUT2D eigenvalue weighted by Gasteiger charge is -2.34. The number of methoxy groups -OCH3 is 1. The third-order valence-electron chi connectivity index (χ3n) is 6.75. The highest BCUT2D eigenvalue weighted by molar-refractivity contribution is 9.10. The van der Waals surface area contributed by atoms with Crippen LogP contribution in [0.25, 0.3) is 0 Å². The molecule has 5 rings (SSSR count). The molecule has 2 heterocycles. The zero-order valence-electron chi connectivity index (χ0n) is 21.2. The van der Waals surface area contributed by atoms with Gasteiger partial charge in [0.1, 0.15) is 12.4 Å². The Morgan fingerprint density at radius 2 is 1.92 bits per heavy atom. The van der Waals surface area contributed by atoms with E-state index >= 15 is 0 Å². The highest BCUT2D eigenvalue weighted by atomic mass is 79.9. The van der Waals surface area contributed by atoms with Gasteiger partial charge in [-0.25, -0.2) is 4.98 Å². The highest BCUT2D eigenvalue weighted by Gasteiger charge is 2.38. The highest BCUT2D eigenvalue weighted by Crippen LogP contribution is 2.44. The van der Waals surface area contributed by atoms with Crippen molar-refractivity contribution < 1.29 is 19.1 Å². The predicted octanol–water partition coefficient (Wildman–Crippen LogP) is 6.04. The molecule has 1 aliphatic carbocycles. The number of Topliss-reactive ketones (excluding diaryl/α,β-unsaturated/α-hetero) is 1. The number of halogens is 1. The first-order chi connectivity index (χ1) is 18.4. The number of ether oxygens (including phenoxy) is 2. The van der Waals surface area contributed by atoms with E-state index < -0.39 is 5.92 Å². The summed E-state index contributed by atoms with van der Waals surface area (Å²) in [5.41, 5.74) is 4.52. The Bertz CT molecular complexity index is 1430. The van der Waals surface area contributed by atoms with Gasteiger partial charge in [-0.1, -0.05) is 36.4 Å². The first-order valence-electron chi connectivity index (χ1n) is 12.5. The molecule has 1 aromatic heterocycles. The maximum absolute atomic E-state index is 13.7. The molecule has 0 fully saturated rings. The summed E-state index contributed by atoms with van der Waals surface area (Å²) in [5.74, 6) is 0.731. The van der Waals surface area contributed by atoms with Gasteiger partial charge in [0.15, 0.2) is 17.3 Å². The number of ketones is 1. The summed E-state index contributed by atoms with van der Waals surface area (Å²) in [6.45, 7) is 2.26. The maximum atomic E-state index is 13.7. The normalized spacial score (nSPS) is 17.0. The number of allylic oxidation sites excluding steroid dienone is 3. The summed E-state index contributed by atoms with van der Waals surface area (Å²) in [6, 6.07) is 19.0. The first-order valence-corrected chi connectivity index (χ1v) is 13.3. The summed E-state index contributed by atoms with van der Waals surface area (Å²) < 4.78 is 12.5. The summed E-state index contributed by atoms with van der Waals surface area (Å²) in [5, 5.41) is 6.25. The fourth-order valence-electron chi connectivity index (χ4n) is 4.97. The van der Waals surface area contributed by atoms with E-state index in [2.05, 4.69) is 31.5 Å². The Morgan fingerprint density at radius 1 is 1.11 bits per heavy atom. The standard InChI is InChI=1S/C30H28BrN3O4/c1-18-27(30(36)34-26-14-12-21(31)16-32-26)28(29-22(33-18)9-6-10-23(29)35)20-11-13-24(25(15-20)37-2)38-17-19-7-4-3-5-8-19/h3-5,7-8,11-16,28,33H,6,9-10,17H2,1-2H3,(H,32,34,36)/t28-/m1/s1. The van der Waals surface area contributed by atoms with Crippen LogP contribution in [0.1, 0.15) is 43.2 Å². The number of nitrogens with zero attached hydrogens (tertiary/aromatic N) is 1. The number of carbonyl (C=O) groups excluding carboxylic acids is 2. The predicted molar refractivity (Wildman–Crippen MR) is 149 cm³/mol. The molecule has 0 saturated heterocycles. The second kappa shape index (κ2) is 11.2. The Hall–Kier alpha value is -3.91. The minimum absolute atomic E-state index is 0.0479. The molecule has 2 aliphatic rings. The quantitative estimate of drug-likeness (QED) is 0.358. The second-order valence-corrected chi connectivity index (χ2v) is 10.2. The van der Waals surface area contributed by atoms with E-state index in [1.165, 1.54) is 0 Å². The van der Waals surface area contributed by atoms with Crippen molar-refractivity contribution in [1.29, 1.82) is 0 Å². The Kier molecular flexibility index (Phi) is 7.60. The lowest BCUT2D eigenvalue weighted by Crippen LogP contribution is -2.35. The Labute approximate surface area is 230 Å². The topological polar surface area (TPSA) is 89.5 Å². The van der Waals surface area contributed by atoms with Crippen LogP contribution in [0, 0.1) is 0 Å². The molecular formula is C30H28BrN3O4. The number of amides is 1. The van der Waals surface area contributed by atoms with Gasteiger partial charge in [-0.05, 0) is 71.1 Å². The van der Waals surface area contributed by atoms with Gasteiger partial charge in [0.05, 0.1) is 7.11 Å². The van der Waals surface area contributed by atoms with Gasteiger partial charge in [0.2, 0.25) is 0 Å². The monoisotopic (exact) mass is 573 g/mol. The number of nitrogens with one attached hydrogen (secondary N) is 2. The molecule has 38 heavy (non-hydrogen) atoms. The van der Waals surface area contributed by atoms with Gasteiger partial charge in [-0.15, -0.1) is 0 Å². The van der Waals surface area contributed by atoms with E-state index in [9.17, 15) is 9.59 Å². The van der Waals surface area contributed by atoms with Crippen LogP contribution in [0.5, 0.6) is 11.5 Å². The number of anilines is 1. The van der Waals surface area contributed by atoms with Crippen molar-refractivity contribution in [2.24, 2.45) is 0 Å². The zero-order valence-corrected chi connectivity index (χ0v) is 22.8. The van der Waals surface area contributed by atoms with Crippen molar-refractivity contribution in [3.05, 3.63) is 105 Å². The molecule has 1 amide bonds. The van der Waals surface area contributed by atoms with Crippen molar-refractivity contribution in [2.75, 3.05) is 12.4 Å². The average Bonchev–Trinajstić information content (AvgIpc) is 2.93. The molecule has 0 saturated carbocycles. The number of hydrogen-bond donors (Lipinski definition) is 2. The van der Waals surface area contributed by atoms with E-state index in [1.807, 2.05) is 61.5 Å². The van der Waals surface area contributed by atoms with E-state index in [0.29, 0.717) is 47.2 Å². The lowest BCUT2D eigenvalue weighted by molar-refractivity contribution is -0.116. The molecule has 2 aromatic carbocycles. The van der Waals surface area contributed by atoms with Crippen LogP contribution in [0.4, 0.5) is 5.82 Å².